The Bertz CT molecular complexity index is 1160. The largest absolute Gasteiger partial charge is 0.494 e. The molecule has 0 radical (unpaired) electrons. The van der Waals surface area contributed by atoms with E-state index in [0.717, 1.165) is 11.1 Å². The monoisotopic (exact) mass is 466 g/mol. The summed E-state index contributed by atoms with van der Waals surface area (Å²) >= 11 is 1.26. The molecule has 2 atom stereocenters. The zero-order valence-corrected chi connectivity index (χ0v) is 19.8. The highest BCUT2D eigenvalue weighted by Crippen LogP contribution is 2.44. The van der Waals surface area contributed by atoms with E-state index in [1.165, 1.54) is 16.6 Å². The van der Waals surface area contributed by atoms with Crippen LogP contribution in [0.4, 0.5) is 0 Å². The maximum Gasteiger partial charge on any atom is 0.361 e. The number of carbonyl (C=O) groups is 2. The minimum absolute atomic E-state index is 0.0825. The Morgan fingerprint density at radius 3 is 2.42 bits per heavy atom. The summed E-state index contributed by atoms with van der Waals surface area (Å²) < 4.78 is 10.6. The third kappa shape index (κ3) is 4.32. The van der Waals surface area contributed by atoms with Gasteiger partial charge in [0.05, 0.1) is 18.8 Å². The van der Waals surface area contributed by atoms with Gasteiger partial charge in [0.15, 0.2) is 10.8 Å². The maximum atomic E-state index is 13.8. The van der Waals surface area contributed by atoms with Crippen molar-refractivity contribution in [3.05, 3.63) is 70.9 Å². The highest BCUT2D eigenvalue weighted by Gasteiger charge is 2.47. The molecule has 172 valence electrons. The van der Waals surface area contributed by atoms with Gasteiger partial charge in [0, 0.05) is 5.56 Å². The summed E-state index contributed by atoms with van der Waals surface area (Å²) in [5.74, 6) is 0.0526. The molecule has 2 aromatic carbocycles. The molecule has 0 aliphatic carbocycles. The number of esters is 1. The Kier molecular flexibility index (Phi) is 6.42. The van der Waals surface area contributed by atoms with Crippen molar-refractivity contribution in [3.8, 4) is 5.75 Å². The van der Waals surface area contributed by atoms with E-state index in [4.69, 9.17) is 9.47 Å². The van der Waals surface area contributed by atoms with Gasteiger partial charge in [-0.15, -0.1) is 5.10 Å². The third-order valence-electron chi connectivity index (χ3n) is 5.53. The molecule has 1 aliphatic heterocycles. The van der Waals surface area contributed by atoms with E-state index in [1.54, 1.807) is 31.2 Å². The standard InChI is InChI=1S/C24H26N4O4S/c1-5-31-18-13-9-16(10-14-18)20(29)21-24(4,17-11-7-15(3)8-12-17)26-28-22(33-21)19(25-27-28)23(30)32-6-2/h7-14,21,26H,5-6H2,1-4H3/t21-,24-/m1/s1. The molecule has 0 fully saturated rings. The average molecular weight is 467 g/mol. The van der Waals surface area contributed by atoms with Crippen LogP contribution in [0.15, 0.2) is 53.6 Å². The van der Waals surface area contributed by atoms with E-state index in [9.17, 15) is 9.59 Å². The number of aryl methyl sites for hydroxylation is 1. The lowest BCUT2D eigenvalue weighted by molar-refractivity contribution is 0.0514. The zero-order valence-electron chi connectivity index (χ0n) is 19.0. The van der Waals surface area contributed by atoms with Crippen molar-refractivity contribution in [2.75, 3.05) is 18.6 Å². The number of Topliss-reactive ketones (excluding diaryl/α,β-unsaturated/α-hetero) is 1. The normalized spacial score (nSPS) is 19.3. The van der Waals surface area contributed by atoms with Crippen LogP contribution in [0.25, 0.3) is 0 Å². The number of nitrogens with one attached hydrogen (secondary N) is 1. The van der Waals surface area contributed by atoms with Gasteiger partial charge in [-0.3, -0.25) is 10.2 Å². The maximum absolute atomic E-state index is 13.8. The first-order valence-corrected chi connectivity index (χ1v) is 11.7. The van der Waals surface area contributed by atoms with Gasteiger partial charge in [-0.2, -0.15) is 4.79 Å². The fraction of sp³-hybridized carbons (Fsp3) is 0.333. The molecule has 2 heterocycles. The molecule has 0 spiro atoms. The van der Waals surface area contributed by atoms with E-state index in [1.807, 2.05) is 45.0 Å². The lowest BCUT2D eigenvalue weighted by atomic mass is 9.85. The van der Waals surface area contributed by atoms with Gasteiger partial charge in [0.2, 0.25) is 5.69 Å². The van der Waals surface area contributed by atoms with Crippen LogP contribution < -0.4 is 10.2 Å². The Morgan fingerprint density at radius 2 is 1.79 bits per heavy atom. The summed E-state index contributed by atoms with van der Waals surface area (Å²) in [4.78, 5) is 27.7. The van der Waals surface area contributed by atoms with Crippen molar-refractivity contribution >= 4 is 23.5 Å². The van der Waals surface area contributed by atoms with Gasteiger partial charge in [-0.25, -0.2) is 4.79 Å². The molecule has 1 aromatic heterocycles. The molecule has 0 bridgehead atoms. The Balaban J connectivity index is 1.77. The highest BCUT2D eigenvalue weighted by molar-refractivity contribution is 8.00. The van der Waals surface area contributed by atoms with Crippen molar-refractivity contribution in [2.45, 2.75) is 43.5 Å². The number of ketones is 1. The van der Waals surface area contributed by atoms with Crippen LogP contribution in [0.2, 0.25) is 0 Å². The number of hydrogen-bond acceptors (Lipinski definition) is 8. The summed E-state index contributed by atoms with van der Waals surface area (Å²) in [5.41, 5.74) is 5.18. The number of fused-ring (bicyclic) bond motifs is 1. The van der Waals surface area contributed by atoms with Gasteiger partial charge in [0.1, 0.15) is 11.0 Å². The molecule has 0 amide bonds. The van der Waals surface area contributed by atoms with Gasteiger partial charge in [-0.05, 0) is 62.7 Å². The van der Waals surface area contributed by atoms with Crippen LogP contribution in [-0.2, 0) is 10.3 Å². The van der Waals surface area contributed by atoms with E-state index >= 15 is 0 Å². The number of thioether (sulfide) groups is 1. The molecule has 8 nitrogen and oxygen atoms in total. The molecule has 9 heteroatoms. The van der Waals surface area contributed by atoms with Crippen LogP contribution in [0.3, 0.4) is 0 Å². The minimum Gasteiger partial charge on any atom is -0.494 e. The van der Waals surface area contributed by atoms with E-state index in [-0.39, 0.29) is 18.1 Å². The van der Waals surface area contributed by atoms with Crippen molar-refractivity contribution in [3.63, 3.8) is 0 Å². The number of carbonyl (C=O) groups excluding carboxylic acids is 2. The molecule has 3 aromatic rings. The molecular formula is C24H26N4O4S. The number of aromatic nitrogens is 3. The number of hydrogen-bond donors (Lipinski definition) is 1. The fourth-order valence-corrected chi connectivity index (χ4v) is 5.06. The second kappa shape index (κ2) is 9.27. The first-order chi connectivity index (χ1) is 15.9. The summed E-state index contributed by atoms with van der Waals surface area (Å²) in [6, 6.07) is 15.1. The van der Waals surface area contributed by atoms with Crippen molar-refractivity contribution < 1.29 is 19.1 Å². The molecule has 1 aliphatic rings. The molecule has 1 N–H and O–H groups in total. The van der Waals surface area contributed by atoms with Gasteiger partial charge in [0.25, 0.3) is 0 Å². The van der Waals surface area contributed by atoms with Gasteiger partial charge >= 0.3 is 5.97 Å². The SMILES string of the molecule is CCOC(=O)c1nnn2c1S[C@H](C(=O)c1ccc(OCC)cc1)[C@@](C)(c1ccc(C)cc1)N2. The third-order valence-corrected chi connectivity index (χ3v) is 7.04. The average Bonchev–Trinajstić information content (AvgIpc) is 3.21. The molecule has 0 unspecified atom stereocenters. The topological polar surface area (TPSA) is 95.3 Å². The molecule has 4 rings (SSSR count). The van der Waals surface area contributed by atoms with E-state index in [2.05, 4.69) is 15.7 Å². The van der Waals surface area contributed by atoms with E-state index in [0.29, 0.717) is 22.9 Å². The van der Waals surface area contributed by atoms with Crippen LogP contribution in [-0.4, -0.2) is 45.3 Å². The molecule has 0 saturated carbocycles. The Hall–Kier alpha value is -3.33. The van der Waals surface area contributed by atoms with Crippen LogP contribution in [0.1, 0.15) is 52.7 Å². The number of rotatable bonds is 7. The predicted octanol–water partition coefficient (Wildman–Crippen LogP) is 3.98. The first-order valence-electron chi connectivity index (χ1n) is 10.8. The minimum atomic E-state index is -0.819. The number of nitrogens with zero attached hydrogens (tertiary/aromatic N) is 3. The molecular weight excluding hydrogens is 440 g/mol. The molecule has 0 saturated heterocycles. The number of benzene rings is 2. The highest BCUT2D eigenvalue weighted by atomic mass is 32.2. The molecule has 33 heavy (non-hydrogen) atoms. The second-order valence-corrected chi connectivity index (χ2v) is 8.97. The van der Waals surface area contributed by atoms with Gasteiger partial charge in [-0.1, -0.05) is 41.6 Å². The second-order valence-electron chi connectivity index (χ2n) is 7.88. The van der Waals surface area contributed by atoms with Crippen LogP contribution in [0.5, 0.6) is 5.75 Å². The first kappa shape index (κ1) is 22.8. The summed E-state index contributed by atoms with van der Waals surface area (Å²) in [7, 11) is 0. The lowest BCUT2D eigenvalue weighted by Crippen LogP contribution is -2.53. The summed E-state index contributed by atoms with van der Waals surface area (Å²) in [5, 5.41) is 7.97. The van der Waals surface area contributed by atoms with Crippen molar-refractivity contribution in [2.24, 2.45) is 0 Å². The van der Waals surface area contributed by atoms with Crippen molar-refractivity contribution in [1.29, 1.82) is 0 Å². The zero-order chi connectivity index (χ0) is 23.6. The number of ether oxygens (including phenoxy) is 2. The smallest absolute Gasteiger partial charge is 0.361 e. The Morgan fingerprint density at radius 1 is 1.09 bits per heavy atom. The summed E-state index contributed by atoms with van der Waals surface area (Å²) in [6.45, 7) is 8.38. The summed E-state index contributed by atoms with van der Waals surface area (Å²) in [6.07, 6.45) is 0. The van der Waals surface area contributed by atoms with E-state index < -0.39 is 16.8 Å². The fourth-order valence-electron chi connectivity index (χ4n) is 3.75. The predicted molar refractivity (Wildman–Crippen MR) is 125 cm³/mol. The van der Waals surface area contributed by atoms with Crippen molar-refractivity contribution in [1.82, 2.24) is 15.1 Å². The van der Waals surface area contributed by atoms with Gasteiger partial charge < -0.3 is 9.47 Å². The van der Waals surface area contributed by atoms with Crippen LogP contribution in [0, 0.1) is 6.92 Å². The Labute approximate surface area is 196 Å². The van der Waals surface area contributed by atoms with Crippen LogP contribution >= 0.6 is 11.8 Å². The quantitative estimate of drug-likeness (QED) is 0.413. The lowest BCUT2D eigenvalue weighted by Gasteiger charge is -2.41.